The quantitative estimate of drug-likeness (QED) is 0.855. The van der Waals surface area contributed by atoms with Crippen molar-refractivity contribution in [2.75, 3.05) is 19.6 Å². The summed E-state index contributed by atoms with van der Waals surface area (Å²) >= 11 is 0. The van der Waals surface area contributed by atoms with Crippen molar-refractivity contribution < 1.29 is 13.6 Å². The second-order valence-electron chi connectivity index (χ2n) is 6.17. The predicted molar refractivity (Wildman–Crippen MR) is 70.2 cm³/mol. The Morgan fingerprint density at radius 3 is 2.58 bits per heavy atom. The highest BCUT2D eigenvalue weighted by atomic mass is 19.3. The van der Waals surface area contributed by atoms with Crippen molar-refractivity contribution in [3.63, 3.8) is 0 Å². The third-order valence-electron chi connectivity index (χ3n) is 4.29. The van der Waals surface area contributed by atoms with E-state index in [1.807, 2.05) is 0 Å². The summed E-state index contributed by atoms with van der Waals surface area (Å²) in [5.41, 5.74) is 5.81. The molecular formula is C14H24F2N2O. The Balaban J connectivity index is 1.72. The molecule has 2 fully saturated rings. The van der Waals surface area contributed by atoms with E-state index in [1.54, 1.807) is 0 Å². The number of likely N-dealkylation sites (tertiary alicyclic amines) is 1. The van der Waals surface area contributed by atoms with Gasteiger partial charge in [-0.25, -0.2) is 8.78 Å². The van der Waals surface area contributed by atoms with Gasteiger partial charge in [-0.05, 0) is 31.6 Å². The molecule has 0 aromatic carbocycles. The molecule has 2 rings (SSSR count). The fourth-order valence-electron chi connectivity index (χ4n) is 3.20. The molecule has 0 aromatic heterocycles. The number of halogens is 2. The zero-order chi connectivity index (χ0) is 13.9. The molecule has 110 valence electrons. The number of carbonyl (C=O) groups is 1. The van der Waals surface area contributed by atoms with E-state index in [-0.39, 0.29) is 30.6 Å². The van der Waals surface area contributed by atoms with Crippen LogP contribution in [-0.2, 0) is 4.79 Å². The Morgan fingerprint density at radius 1 is 1.26 bits per heavy atom. The van der Waals surface area contributed by atoms with E-state index >= 15 is 0 Å². The van der Waals surface area contributed by atoms with Crippen LogP contribution in [-0.4, -0.2) is 42.3 Å². The highest BCUT2D eigenvalue weighted by molar-refractivity contribution is 5.80. The Morgan fingerprint density at radius 2 is 1.95 bits per heavy atom. The topological polar surface area (TPSA) is 46.3 Å². The van der Waals surface area contributed by atoms with Crippen LogP contribution in [0.1, 0.15) is 44.9 Å². The number of Topliss-reactive ketones (excluding diaryl/α,β-unsaturated/α-hetero) is 1. The van der Waals surface area contributed by atoms with E-state index in [9.17, 15) is 13.6 Å². The number of ketones is 1. The molecule has 5 heteroatoms. The minimum Gasteiger partial charge on any atom is -0.328 e. The van der Waals surface area contributed by atoms with Gasteiger partial charge in [-0.3, -0.25) is 9.69 Å². The lowest BCUT2D eigenvalue weighted by Crippen LogP contribution is -2.42. The van der Waals surface area contributed by atoms with Gasteiger partial charge in [0.1, 0.15) is 5.78 Å². The van der Waals surface area contributed by atoms with Crippen LogP contribution in [0, 0.1) is 5.92 Å². The molecule has 0 amide bonds. The van der Waals surface area contributed by atoms with Gasteiger partial charge < -0.3 is 5.73 Å². The first-order chi connectivity index (χ1) is 8.94. The highest BCUT2D eigenvalue weighted by Crippen LogP contribution is 2.38. The number of alkyl halides is 2. The molecule has 0 aromatic rings. The van der Waals surface area contributed by atoms with Crippen LogP contribution in [0.3, 0.4) is 0 Å². The minimum atomic E-state index is -2.55. The molecule has 0 bridgehead atoms. The van der Waals surface area contributed by atoms with Gasteiger partial charge >= 0.3 is 0 Å². The molecule has 0 spiro atoms. The lowest BCUT2D eigenvalue weighted by atomic mass is 9.83. The average molecular weight is 274 g/mol. The summed E-state index contributed by atoms with van der Waals surface area (Å²) in [5.74, 6) is -2.57. The van der Waals surface area contributed by atoms with Gasteiger partial charge in [0, 0.05) is 38.4 Å². The fraction of sp³-hybridized carbons (Fsp3) is 0.929. The van der Waals surface area contributed by atoms with E-state index < -0.39 is 5.92 Å². The van der Waals surface area contributed by atoms with Gasteiger partial charge in [-0.15, -0.1) is 0 Å². The van der Waals surface area contributed by atoms with Crippen molar-refractivity contribution in [1.82, 2.24) is 4.90 Å². The van der Waals surface area contributed by atoms with Crippen LogP contribution >= 0.6 is 0 Å². The molecule has 1 aliphatic carbocycles. The molecule has 1 aliphatic heterocycles. The number of nitrogens with zero attached hydrogens (tertiary/aromatic N) is 1. The summed E-state index contributed by atoms with van der Waals surface area (Å²) in [6, 6.07) is 0.253. The van der Waals surface area contributed by atoms with E-state index in [0.29, 0.717) is 19.4 Å². The van der Waals surface area contributed by atoms with Crippen molar-refractivity contribution in [2.45, 2.75) is 56.9 Å². The maximum atomic E-state index is 13.3. The molecular weight excluding hydrogens is 250 g/mol. The summed E-state index contributed by atoms with van der Waals surface area (Å²) in [6.45, 7) is 2.12. The predicted octanol–water partition coefficient (Wildman–Crippen LogP) is 2.19. The summed E-state index contributed by atoms with van der Waals surface area (Å²) in [6.07, 6.45) is 3.36. The number of carbonyl (C=O) groups excluding carboxylic acids is 1. The second-order valence-corrected chi connectivity index (χ2v) is 6.17. The Kier molecular flexibility index (Phi) is 4.90. The maximum absolute atomic E-state index is 13.3. The van der Waals surface area contributed by atoms with Crippen LogP contribution in [0.15, 0.2) is 0 Å². The van der Waals surface area contributed by atoms with Crippen molar-refractivity contribution in [3.05, 3.63) is 0 Å². The summed E-state index contributed by atoms with van der Waals surface area (Å²) in [4.78, 5) is 14.1. The third-order valence-corrected chi connectivity index (χ3v) is 4.29. The van der Waals surface area contributed by atoms with E-state index in [2.05, 4.69) is 4.90 Å². The zero-order valence-electron chi connectivity index (χ0n) is 11.4. The SMILES string of the molecule is NC1CCN(CC(=O)CC2CCCC(F)(F)C2)CC1. The standard InChI is InChI=1S/C14H24F2N2O/c15-14(16)5-1-2-11(9-14)8-13(19)10-18-6-3-12(17)4-7-18/h11-12H,1-10,17H2. The van der Waals surface area contributed by atoms with Crippen LogP contribution in [0.5, 0.6) is 0 Å². The molecule has 1 saturated carbocycles. The molecule has 19 heavy (non-hydrogen) atoms. The van der Waals surface area contributed by atoms with Crippen LogP contribution in [0.2, 0.25) is 0 Å². The van der Waals surface area contributed by atoms with Crippen molar-refractivity contribution >= 4 is 5.78 Å². The van der Waals surface area contributed by atoms with Gasteiger partial charge in [0.25, 0.3) is 0 Å². The first-order valence-corrected chi connectivity index (χ1v) is 7.32. The summed E-state index contributed by atoms with van der Waals surface area (Å²) in [7, 11) is 0. The number of hydrogen-bond donors (Lipinski definition) is 1. The van der Waals surface area contributed by atoms with Crippen LogP contribution < -0.4 is 5.73 Å². The van der Waals surface area contributed by atoms with Crippen molar-refractivity contribution in [2.24, 2.45) is 11.7 Å². The lowest BCUT2D eigenvalue weighted by molar-refractivity contribution is -0.123. The summed E-state index contributed by atoms with van der Waals surface area (Å²) < 4.78 is 26.5. The van der Waals surface area contributed by atoms with E-state index in [4.69, 9.17) is 5.73 Å². The number of rotatable bonds is 4. The Labute approximate surface area is 113 Å². The molecule has 1 atom stereocenters. The van der Waals surface area contributed by atoms with Crippen molar-refractivity contribution in [3.8, 4) is 0 Å². The van der Waals surface area contributed by atoms with Crippen LogP contribution in [0.25, 0.3) is 0 Å². The van der Waals surface area contributed by atoms with Gasteiger partial charge in [0.05, 0.1) is 6.54 Å². The molecule has 3 nitrogen and oxygen atoms in total. The Hall–Kier alpha value is -0.550. The smallest absolute Gasteiger partial charge is 0.248 e. The molecule has 1 heterocycles. The van der Waals surface area contributed by atoms with Gasteiger partial charge in [0.2, 0.25) is 5.92 Å². The van der Waals surface area contributed by atoms with Gasteiger partial charge in [-0.1, -0.05) is 0 Å². The minimum absolute atomic E-state index is 0.0122. The fourth-order valence-corrected chi connectivity index (χ4v) is 3.20. The van der Waals surface area contributed by atoms with Crippen LogP contribution in [0.4, 0.5) is 8.78 Å². The number of hydrogen-bond acceptors (Lipinski definition) is 3. The van der Waals surface area contributed by atoms with Gasteiger partial charge in [0.15, 0.2) is 0 Å². The monoisotopic (exact) mass is 274 g/mol. The normalized spacial score (nSPS) is 29.3. The van der Waals surface area contributed by atoms with Crippen molar-refractivity contribution in [1.29, 1.82) is 0 Å². The molecule has 1 unspecified atom stereocenters. The molecule has 0 radical (unpaired) electrons. The first kappa shape index (κ1) is 14.9. The maximum Gasteiger partial charge on any atom is 0.248 e. The lowest BCUT2D eigenvalue weighted by Gasteiger charge is -2.31. The van der Waals surface area contributed by atoms with E-state index in [0.717, 1.165) is 32.4 Å². The largest absolute Gasteiger partial charge is 0.328 e. The zero-order valence-corrected chi connectivity index (χ0v) is 11.4. The summed E-state index contributed by atoms with van der Waals surface area (Å²) in [5, 5.41) is 0. The first-order valence-electron chi connectivity index (χ1n) is 7.32. The molecule has 1 saturated heterocycles. The highest BCUT2D eigenvalue weighted by Gasteiger charge is 2.36. The number of nitrogens with two attached hydrogens (primary N) is 1. The van der Waals surface area contributed by atoms with E-state index in [1.165, 1.54) is 0 Å². The average Bonchev–Trinajstić information content (AvgIpc) is 2.30. The third kappa shape index (κ3) is 4.80. The molecule has 2 N–H and O–H groups in total. The second kappa shape index (κ2) is 6.27. The number of piperidine rings is 1. The Bertz CT molecular complexity index is 315. The molecule has 2 aliphatic rings. The van der Waals surface area contributed by atoms with Gasteiger partial charge in [-0.2, -0.15) is 0 Å².